The van der Waals surface area contributed by atoms with Gasteiger partial charge in [0.15, 0.2) is 5.69 Å². The molecule has 26 heavy (non-hydrogen) atoms. The van der Waals surface area contributed by atoms with E-state index < -0.39 is 0 Å². The first-order valence-corrected chi connectivity index (χ1v) is 8.78. The van der Waals surface area contributed by atoms with Gasteiger partial charge in [-0.1, -0.05) is 6.07 Å². The zero-order valence-corrected chi connectivity index (χ0v) is 15.1. The third-order valence-electron chi connectivity index (χ3n) is 4.57. The van der Waals surface area contributed by atoms with Crippen molar-refractivity contribution in [2.75, 3.05) is 6.54 Å². The summed E-state index contributed by atoms with van der Waals surface area (Å²) >= 11 is 0. The molecule has 0 saturated heterocycles. The molecular formula is C19H21N5O2. The third kappa shape index (κ3) is 2.79. The van der Waals surface area contributed by atoms with Gasteiger partial charge in [0.1, 0.15) is 11.5 Å². The maximum absolute atomic E-state index is 12.8. The van der Waals surface area contributed by atoms with E-state index >= 15 is 0 Å². The van der Waals surface area contributed by atoms with E-state index in [9.17, 15) is 4.79 Å². The Labute approximate surface area is 151 Å². The molecule has 0 spiro atoms. The van der Waals surface area contributed by atoms with Crippen molar-refractivity contribution in [1.82, 2.24) is 24.6 Å². The van der Waals surface area contributed by atoms with Crippen molar-refractivity contribution in [1.29, 1.82) is 0 Å². The van der Waals surface area contributed by atoms with Crippen molar-refractivity contribution < 1.29 is 9.21 Å². The van der Waals surface area contributed by atoms with Crippen LogP contribution in [0.25, 0.3) is 11.6 Å². The van der Waals surface area contributed by atoms with Crippen LogP contribution in [0.4, 0.5) is 0 Å². The number of amides is 1. The van der Waals surface area contributed by atoms with Crippen molar-refractivity contribution in [3.05, 3.63) is 53.3 Å². The van der Waals surface area contributed by atoms with Crippen LogP contribution in [0.5, 0.6) is 0 Å². The molecule has 4 rings (SSSR count). The minimum atomic E-state index is -0.0666. The molecule has 0 N–H and O–H groups in total. The van der Waals surface area contributed by atoms with Crippen LogP contribution in [-0.4, -0.2) is 37.1 Å². The Hall–Kier alpha value is -2.96. The highest BCUT2D eigenvalue weighted by Crippen LogP contribution is 2.31. The minimum absolute atomic E-state index is 0.0666. The Morgan fingerprint density at radius 1 is 1.27 bits per heavy atom. The number of carbonyl (C=O) groups excluding carboxylic acids is 1. The normalized spacial score (nSPS) is 13.9. The van der Waals surface area contributed by atoms with Gasteiger partial charge in [-0.3, -0.25) is 14.5 Å². The molecule has 0 unspecified atom stereocenters. The third-order valence-corrected chi connectivity index (χ3v) is 4.57. The van der Waals surface area contributed by atoms with Gasteiger partial charge < -0.3 is 9.32 Å². The van der Waals surface area contributed by atoms with Gasteiger partial charge in [0, 0.05) is 36.5 Å². The molecule has 1 amide bonds. The van der Waals surface area contributed by atoms with Gasteiger partial charge in [-0.2, -0.15) is 5.10 Å². The highest BCUT2D eigenvalue weighted by Gasteiger charge is 2.31. The highest BCUT2D eigenvalue weighted by atomic mass is 16.4. The van der Waals surface area contributed by atoms with Crippen molar-refractivity contribution >= 4 is 5.91 Å². The number of hydrogen-bond acceptors (Lipinski definition) is 5. The summed E-state index contributed by atoms with van der Waals surface area (Å²) in [7, 11) is 0. The molecule has 134 valence electrons. The van der Waals surface area contributed by atoms with Gasteiger partial charge in [0.25, 0.3) is 5.91 Å². The molecule has 3 aromatic rings. The van der Waals surface area contributed by atoms with E-state index in [1.807, 2.05) is 22.6 Å². The summed E-state index contributed by atoms with van der Waals surface area (Å²) in [4.78, 5) is 23.1. The van der Waals surface area contributed by atoms with Gasteiger partial charge in [-0.25, -0.2) is 4.98 Å². The van der Waals surface area contributed by atoms with Crippen LogP contribution in [0, 0.1) is 6.92 Å². The molecule has 0 saturated carbocycles. The van der Waals surface area contributed by atoms with Crippen LogP contribution < -0.4 is 0 Å². The minimum Gasteiger partial charge on any atom is -0.440 e. The van der Waals surface area contributed by atoms with Crippen LogP contribution in [-0.2, 0) is 13.0 Å². The van der Waals surface area contributed by atoms with E-state index in [0.29, 0.717) is 24.7 Å². The molecule has 0 aliphatic carbocycles. The lowest BCUT2D eigenvalue weighted by atomic mass is 10.0. The van der Waals surface area contributed by atoms with Crippen LogP contribution in [0.1, 0.15) is 47.4 Å². The number of aromatic nitrogens is 4. The average molecular weight is 351 g/mol. The second kappa shape index (κ2) is 6.40. The summed E-state index contributed by atoms with van der Waals surface area (Å²) in [5.74, 6) is 1.18. The van der Waals surface area contributed by atoms with Gasteiger partial charge >= 0.3 is 0 Å². The molecule has 0 fully saturated rings. The van der Waals surface area contributed by atoms with Gasteiger partial charge in [-0.15, -0.1) is 0 Å². The van der Waals surface area contributed by atoms with Crippen molar-refractivity contribution in [2.24, 2.45) is 0 Å². The Kier molecular flexibility index (Phi) is 4.06. The molecule has 4 heterocycles. The van der Waals surface area contributed by atoms with Gasteiger partial charge in [0.2, 0.25) is 5.89 Å². The molecule has 0 radical (unpaired) electrons. The quantitative estimate of drug-likeness (QED) is 0.725. The fraction of sp³-hybridized carbons (Fsp3) is 0.368. The number of oxazole rings is 1. The molecule has 1 aliphatic rings. The lowest BCUT2D eigenvalue weighted by Crippen LogP contribution is -2.37. The molecule has 7 nitrogen and oxygen atoms in total. The summed E-state index contributed by atoms with van der Waals surface area (Å²) in [6, 6.07) is 5.61. The van der Waals surface area contributed by atoms with Crippen LogP contribution in [0.3, 0.4) is 0 Å². The summed E-state index contributed by atoms with van der Waals surface area (Å²) in [5.41, 5.74) is 3.34. The van der Waals surface area contributed by atoms with E-state index in [-0.39, 0.29) is 11.9 Å². The second-order valence-electron chi connectivity index (χ2n) is 6.78. The molecule has 0 atom stereocenters. The van der Waals surface area contributed by atoms with E-state index in [0.717, 1.165) is 29.1 Å². The summed E-state index contributed by atoms with van der Waals surface area (Å²) in [5, 5.41) is 4.75. The van der Waals surface area contributed by atoms with E-state index in [1.165, 1.54) is 0 Å². The number of aryl methyl sites for hydroxylation is 1. The maximum Gasteiger partial charge on any atom is 0.272 e. The smallest absolute Gasteiger partial charge is 0.272 e. The van der Waals surface area contributed by atoms with Gasteiger partial charge in [0.05, 0.1) is 12.7 Å². The van der Waals surface area contributed by atoms with E-state index in [4.69, 9.17) is 9.52 Å². The Bertz CT molecular complexity index is 942. The summed E-state index contributed by atoms with van der Waals surface area (Å²) in [6.07, 6.45) is 4.08. The number of hydrogen-bond donors (Lipinski definition) is 0. The predicted octanol–water partition coefficient (Wildman–Crippen LogP) is 3.02. The molecular weight excluding hydrogens is 330 g/mol. The lowest BCUT2D eigenvalue weighted by Gasteiger charge is -2.28. The first-order chi connectivity index (χ1) is 12.5. The van der Waals surface area contributed by atoms with Crippen molar-refractivity contribution in [2.45, 2.75) is 39.8 Å². The fourth-order valence-electron chi connectivity index (χ4n) is 3.33. The van der Waals surface area contributed by atoms with E-state index in [1.54, 1.807) is 24.5 Å². The number of fused-ring (bicyclic) bond motifs is 1. The molecule has 0 bridgehead atoms. The molecule has 7 heteroatoms. The Morgan fingerprint density at radius 3 is 2.77 bits per heavy atom. The largest absolute Gasteiger partial charge is 0.440 e. The first kappa shape index (κ1) is 16.5. The zero-order valence-electron chi connectivity index (χ0n) is 15.1. The summed E-state index contributed by atoms with van der Waals surface area (Å²) in [6.45, 7) is 7.19. The first-order valence-electron chi connectivity index (χ1n) is 8.78. The Morgan fingerprint density at radius 2 is 2.12 bits per heavy atom. The Balaban J connectivity index is 1.72. The second-order valence-corrected chi connectivity index (χ2v) is 6.78. The topological polar surface area (TPSA) is 77.1 Å². The summed E-state index contributed by atoms with van der Waals surface area (Å²) < 4.78 is 7.73. The molecule has 0 aromatic carbocycles. The fourth-order valence-corrected chi connectivity index (χ4v) is 3.33. The maximum atomic E-state index is 12.8. The number of rotatable bonds is 3. The van der Waals surface area contributed by atoms with Crippen LogP contribution in [0.15, 0.2) is 35.0 Å². The number of pyridine rings is 1. The standard InChI is InChI=1S/C19H21N5O2/c1-12(2)24-16-7-9-23(19(25)15-6-4-5-8-20-15)11-14(16)17(22-24)18-21-10-13(3)26-18/h4-6,8,10,12H,7,9,11H2,1-3H3. The van der Waals surface area contributed by atoms with Crippen molar-refractivity contribution in [3.8, 4) is 11.6 Å². The molecule has 3 aromatic heterocycles. The highest BCUT2D eigenvalue weighted by molar-refractivity contribution is 5.92. The van der Waals surface area contributed by atoms with Gasteiger partial charge in [-0.05, 0) is 32.9 Å². The predicted molar refractivity (Wildman–Crippen MR) is 95.5 cm³/mol. The lowest BCUT2D eigenvalue weighted by molar-refractivity contribution is 0.0727. The monoisotopic (exact) mass is 351 g/mol. The molecule has 1 aliphatic heterocycles. The van der Waals surface area contributed by atoms with Crippen molar-refractivity contribution in [3.63, 3.8) is 0 Å². The number of nitrogens with zero attached hydrogens (tertiary/aromatic N) is 5. The van der Waals surface area contributed by atoms with Crippen LogP contribution >= 0.6 is 0 Å². The average Bonchev–Trinajstić information content (AvgIpc) is 3.24. The SMILES string of the molecule is Cc1cnc(-c2nn(C(C)C)c3c2CN(C(=O)c2ccccn2)CC3)o1. The number of carbonyl (C=O) groups is 1. The van der Waals surface area contributed by atoms with Crippen LogP contribution in [0.2, 0.25) is 0 Å². The van der Waals surface area contributed by atoms with E-state index in [2.05, 4.69) is 23.8 Å². The zero-order chi connectivity index (χ0) is 18.3.